The van der Waals surface area contributed by atoms with Crippen molar-refractivity contribution >= 4 is 62.4 Å². The van der Waals surface area contributed by atoms with E-state index in [-0.39, 0.29) is 19.5 Å². The quantitative estimate of drug-likeness (QED) is 0.439. The maximum absolute atomic E-state index is 9.00. The molecule has 0 saturated heterocycles. The molecule has 2 heterocycles. The van der Waals surface area contributed by atoms with Gasteiger partial charge in [-0.1, -0.05) is 17.2 Å². The van der Waals surface area contributed by atoms with Gasteiger partial charge in [0.25, 0.3) is 11.9 Å². The molecule has 2 unspecified atom stereocenters. The minimum Gasteiger partial charge on any atom is -0.481 e. The van der Waals surface area contributed by atoms with Crippen LogP contribution >= 0.6 is 39.8 Å². The summed E-state index contributed by atoms with van der Waals surface area (Å²) < 4.78 is 0. The number of aryl methyl sites for hydroxylation is 4. The molecule has 0 aliphatic carbocycles. The molecule has 0 aliphatic heterocycles. The molecule has 0 aromatic carbocycles. The summed E-state index contributed by atoms with van der Waals surface area (Å²) >= 11 is 3.93. The summed E-state index contributed by atoms with van der Waals surface area (Å²) in [5.74, 6) is -1.67. The summed E-state index contributed by atoms with van der Waals surface area (Å²) in [5.41, 5.74) is 3.12. The van der Waals surface area contributed by atoms with Crippen molar-refractivity contribution in [2.45, 2.75) is 41.5 Å². The number of aliphatic carboxylic acids is 2. The Hall–Kier alpha value is -0.177. The van der Waals surface area contributed by atoms with E-state index in [2.05, 4.69) is 41.0 Å². The third-order valence-corrected chi connectivity index (χ3v) is 7.92. The number of carboxylic acid groups (broad SMARTS) is 2. The summed E-state index contributed by atoms with van der Waals surface area (Å²) in [6, 6.07) is 0. The summed E-state index contributed by atoms with van der Waals surface area (Å²) in [4.78, 5) is 24.0. The minimum atomic E-state index is -0.833. The van der Waals surface area contributed by atoms with E-state index in [1.807, 2.05) is 22.7 Å². The van der Waals surface area contributed by atoms with Gasteiger partial charge in [0.05, 0.1) is 0 Å². The molecular weight excluding hydrogens is 507 g/mol. The molecular formula is C18H28O4P2RuS2. The van der Waals surface area contributed by atoms with E-state index >= 15 is 0 Å². The molecule has 0 amide bonds. The zero-order valence-corrected chi connectivity index (χ0v) is 22.3. The van der Waals surface area contributed by atoms with Crippen LogP contribution in [0, 0.1) is 27.7 Å². The van der Waals surface area contributed by atoms with Gasteiger partial charge in [0, 0.05) is 64.0 Å². The largest absolute Gasteiger partial charge is 0.481 e. The van der Waals surface area contributed by atoms with E-state index in [0.717, 1.165) is 31.0 Å². The van der Waals surface area contributed by atoms with Crippen LogP contribution in [0.5, 0.6) is 0 Å². The number of carboxylic acids is 2. The molecule has 0 spiro atoms. The van der Waals surface area contributed by atoms with Crippen molar-refractivity contribution in [1.29, 1.82) is 0 Å². The first-order valence-electron chi connectivity index (χ1n) is 7.92. The van der Waals surface area contributed by atoms with Gasteiger partial charge in [-0.2, -0.15) is 0 Å². The van der Waals surface area contributed by atoms with E-state index in [1.165, 1.54) is 19.5 Å². The fraction of sp³-hybridized carbons (Fsp3) is 0.444. The van der Waals surface area contributed by atoms with Crippen LogP contribution in [0.1, 0.15) is 33.4 Å². The Morgan fingerprint density at radius 1 is 0.704 bits per heavy atom. The molecule has 2 N–H and O–H groups in total. The molecule has 0 saturated carbocycles. The Kier molecular flexibility index (Phi) is 15.0. The standard InChI is InChI=1S/C14H20P2S2.2C2H4O2.Ru/c1-7-11(13(15-5)9(3)17-7)12-8(2)18-10(4)14(12)16-6;2*1-2(3)4;/h15-16H,1-6H3;2*1H3,(H,3,4);. The summed E-state index contributed by atoms with van der Waals surface area (Å²) in [6.07, 6.45) is 0. The van der Waals surface area contributed by atoms with Crippen molar-refractivity contribution < 1.29 is 39.3 Å². The molecule has 2 atom stereocenters. The van der Waals surface area contributed by atoms with Crippen LogP contribution in [0.15, 0.2) is 0 Å². The predicted molar refractivity (Wildman–Crippen MR) is 121 cm³/mol. The Morgan fingerprint density at radius 2 is 0.926 bits per heavy atom. The van der Waals surface area contributed by atoms with Gasteiger partial charge in [-0.3, -0.25) is 9.59 Å². The third kappa shape index (κ3) is 9.24. The zero-order chi connectivity index (χ0) is 20.6. The average Bonchev–Trinajstić information content (AvgIpc) is 2.91. The van der Waals surface area contributed by atoms with E-state index < -0.39 is 11.9 Å². The van der Waals surface area contributed by atoms with Gasteiger partial charge in [0.1, 0.15) is 0 Å². The molecule has 2 aromatic heterocycles. The van der Waals surface area contributed by atoms with Crippen LogP contribution in [0.2, 0.25) is 0 Å². The van der Waals surface area contributed by atoms with E-state index in [1.54, 1.807) is 21.7 Å². The van der Waals surface area contributed by atoms with E-state index in [9.17, 15) is 0 Å². The first kappa shape index (κ1) is 29.0. The van der Waals surface area contributed by atoms with E-state index in [4.69, 9.17) is 19.8 Å². The number of hydrogen-bond donors (Lipinski definition) is 2. The van der Waals surface area contributed by atoms with Crippen LogP contribution in [-0.2, 0) is 29.1 Å². The van der Waals surface area contributed by atoms with Gasteiger partial charge in [0.15, 0.2) is 0 Å². The predicted octanol–water partition coefficient (Wildman–Crippen LogP) is 4.76. The second-order valence-electron chi connectivity index (χ2n) is 5.47. The molecule has 4 nitrogen and oxygen atoms in total. The molecule has 0 aliphatic rings. The normalized spacial score (nSPS) is 10.2. The van der Waals surface area contributed by atoms with Crippen LogP contribution in [0.25, 0.3) is 11.1 Å². The fourth-order valence-corrected chi connectivity index (χ4v) is 7.44. The number of thiophene rings is 2. The van der Waals surface area contributed by atoms with Crippen LogP contribution in [0.3, 0.4) is 0 Å². The van der Waals surface area contributed by atoms with Gasteiger partial charge in [0.2, 0.25) is 0 Å². The Morgan fingerprint density at radius 3 is 1.11 bits per heavy atom. The average molecular weight is 536 g/mol. The van der Waals surface area contributed by atoms with Crippen molar-refractivity contribution in [2.75, 3.05) is 13.3 Å². The van der Waals surface area contributed by atoms with Crippen molar-refractivity contribution in [3.8, 4) is 11.1 Å². The van der Waals surface area contributed by atoms with Crippen molar-refractivity contribution in [2.24, 2.45) is 0 Å². The topological polar surface area (TPSA) is 74.6 Å². The van der Waals surface area contributed by atoms with Crippen molar-refractivity contribution in [3.05, 3.63) is 19.5 Å². The molecule has 9 heteroatoms. The molecule has 0 fully saturated rings. The van der Waals surface area contributed by atoms with Gasteiger partial charge >= 0.3 is 0 Å². The minimum absolute atomic E-state index is 0. The van der Waals surface area contributed by atoms with Crippen molar-refractivity contribution in [3.63, 3.8) is 0 Å². The first-order chi connectivity index (χ1) is 12.0. The molecule has 2 aromatic rings. The third-order valence-electron chi connectivity index (χ3n) is 3.27. The smallest absolute Gasteiger partial charge is 0.300 e. The monoisotopic (exact) mass is 536 g/mol. The van der Waals surface area contributed by atoms with Crippen LogP contribution in [0.4, 0.5) is 0 Å². The molecule has 154 valence electrons. The van der Waals surface area contributed by atoms with E-state index in [0.29, 0.717) is 0 Å². The van der Waals surface area contributed by atoms with Gasteiger partial charge in [-0.05, 0) is 51.6 Å². The SMILES string of the molecule is CC(=O)O.CC(=O)O.CPc1c(C)sc(C)c1-c1c(C)sc(C)c1PC.[Ru]. The number of hydrogen-bond acceptors (Lipinski definition) is 4. The van der Waals surface area contributed by atoms with Crippen LogP contribution < -0.4 is 10.6 Å². The summed E-state index contributed by atoms with van der Waals surface area (Å²) in [6.45, 7) is 15.9. The Balaban J connectivity index is 0. The summed E-state index contributed by atoms with van der Waals surface area (Å²) in [7, 11) is 1.79. The number of carbonyl (C=O) groups is 2. The zero-order valence-electron chi connectivity index (χ0n) is 16.9. The Bertz CT molecular complexity index is 698. The molecule has 27 heavy (non-hydrogen) atoms. The second kappa shape index (κ2) is 13.9. The van der Waals surface area contributed by atoms with Gasteiger partial charge in [-0.15, -0.1) is 22.7 Å². The Labute approximate surface area is 186 Å². The van der Waals surface area contributed by atoms with Crippen LogP contribution in [-0.4, -0.2) is 35.5 Å². The second-order valence-corrected chi connectivity index (χ2v) is 10.3. The molecule has 2 rings (SSSR count). The maximum Gasteiger partial charge on any atom is 0.300 e. The summed E-state index contributed by atoms with van der Waals surface area (Å²) in [5, 5.41) is 18.0. The maximum atomic E-state index is 9.00. The van der Waals surface area contributed by atoms with Crippen molar-refractivity contribution in [1.82, 2.24) is 0 Å². The molecule has 0 bridgehead atoms. The number of rotatable bonds is 3. The fourth-order valence-electron chi connectivity index (χ4n) is 2.57. The van der Waals surface area contributed by atoms with Gasteiger partial charge < -0.3 is 10.2 Å². The molecule has 0 radical (unpaired) electrons. The van der Waals surface area contributed by atoms with Gasteiger partial charge in [-0.25, -0.2) is 0 Å². The first-order valence-corrected chi connectivity index (χ1v) is 12.6.